The van der Waals surface area contributed by atoms with E-state index in [0.717, 1.165) is 0 Å². The number of carboxylic acid groups (broad SMARTS) is 2. The van der Waals surface area contributed by atoms with Gasteiger partial charge in [0.1, 0.15) is 0 Å². The van der Waals surface area contributed by atoms with Gasteiger partial charge >= 0.3 is 11.9 Å². The molecule has 0 amide bonds. The predicted molar refractivity (Wildman–Crippen MR) is 43.8 cm³/mol. The zero-order valence-corrected chi connectivity index (χ0v) is 7.37. The van der Waals surface area contributed by atoms with Crippen LogP contribution in [0.15, 0.2) is 0 Å². The average molecular weight is 182 g/mol. The normalized spacial score (nSPS) is 28.5. The van der Waals surface area contributed by atoms with Gasteiger partial charge in [-0.25, -0.2) is 4.79 Å². The molecule has 1 aliphatic rings. The van der Waals surface area contributed by atoms with Gasteiger partial charge in [-0.05, 0) is 5.41 Å². The van der Waals surface area contributed by atoms with E-state index >= 15 is 0 Å². The minimum atomic E-state index is -1.22. The van der Waals surface area contributed by atoms with Crippen molar-refractivity contribution in [1.29, 1.82) is 0 Å². The van der Waals surface area contributed by atoms with Crippen LogP contribution < -0.4 is 0 Å². The summed E-state index contributed by atoms with van der Waals surface area (Å²) >= 11 is 0. The van der Waals surface area contributed by atoms with Crippen molar-refractivity contribution in [3.63, 3.8) is 0 Å². The lowest BCUT2D eigenvalue weighted by Crippen LogP contribution is -2.03. The molecule has 1 rings (SSSR count). The first kappa shape index (κ1) is 9.59. The van der Waals surface area contributed by atoms with E-state index in [1.54, 1.807) is 13.8 Å². The van der Waals surface area contributed by atoms with Crippen LogP contribution in [0.2, 0.25) is 0 Å². The van der Waals surface area contributed by atoms with Crippen LogP contribution in [0.25, 0.3) is 0 Å². The second kappa shape index (κ2) is 2.77. The second-order valence-corrected chi connectivity index (χ2v) is 3.69. The lowest BCUT2D eigenvalue weighted by Gasteiger charge is -1.94. The molecule has 4 nitrogen and oxygen atoms in total. The molecule has 0 radical (unpaired) electrons. The minimum Gasteiger partial charge on any atom is -0.481 e. The number of rotatable bonds is 1. The highest BCUT2D eigenvalue weighted by molar-refractivity contribution is 5.87. The maximum atomic E-state index is 10.6. The molecule has 0 unspecified atom stereocenters. The van der Waals surface area contributed by atoms with E-state index in [-0.39, 0.29) is 5.92 Å². The van der Waals surface area contributed by atoms with Crippen molar-refractivity contribution in [2.45, 2.75) is 13.8 Å². The highest BCUT2D eigenvalue weighted by atomic mass is 16.4. The van der Waals surface area contributed by atoms with Crippen molar-refractivity contribution in [3.8, 4) is 11.8 Å². The fourth-order valence-corrected chi connectivity index (χ4v) is 1.51. The number of aliphatic carboxylic acids is 2. The van der Waals surface area contributed by atoms with Crippen molar-refractivity contribution in [1.82, 2.24) is 0 Å². The molecule has 1 fully saturated rings. The van der Waals surface area contributed by atoms with Gasteiger partial charge in [-0.2, -0.15) is 0 Å². The summed E-state index contributed by atoms with van der Waals surface area (Å²) in [6, 6.07) is 0. The van der Waals surface area contributed by atoms with E-state index in [1.165, 1.54) is 0 Å². The Bertz CT molecular complexity index is 318. The monoisotopic (exact) mass is 182 g/mol. The third-order valence-corrected chi connectivity index (χ3v) is 2.43. The van der Waals surface area contributed by atoms with Gasteiger partial charge in [-0.15, -0.1) is 0 Å². The summed E-state index contributed by atoms with van der Waals surface area (Å²) in [7, 11) is 0. The van der Waals surface area contributed by atoms with Gasteiger partial charge in [0.05, 0.1) is 5.92 Å². The lowest BCUT2D eigenvalue weighted by atomic mass is 10.1. The summed E-state index contributed by atoms with van der Waals surface area (Å²) in [6.07, 6.45) is 0. The summed E-state index contributed by atoms with van der Waals surface area (Å²) in [5.74, 6) is 1.41. The van der Waals surface area contributed by atoms with E-state index in [2.05, 4.69) is 5.92 Å². The number of carboxylic acids is 2. The molecule has 4 heteroatoms. The Hall–Kier alpha value is -1.50. The van der Waals surface area contributed by atoms with E-state index in [9.17, 15) is 9.59 Å². The van der Waals surface area contributed by atoms with Crippen molar-refractivity contribution < 1.29 is 19.8 Å². The number of hydrogen-bond acceptors (Lipinski definition) is 2. The molecule has 0 bridgehead atoms. The zero-order chi connectivity index (χ0) is 10.2. The number of hydrogen-bond donors (Lipinski definition) is 2. The predicted octanol–water partition coefficient (Wildman–Crippen LogP) is 0.431. The first-order chi connectivity index (χ1) is 5.87. The van der Waals surface area contributed by atoms with Crippen LogP contribution in [0.3, 0.4) is 0 Å². The van der Waals surface area contributed by atoms with Gasteiger partial charge in [0.15, 0.2) is 0 Å². The third kappa shape index (κ3) is 1.64. The fourth-order valence-electron chi connectivity index (χ4n) is 1.51. The largest absolute Gasteiger partial charge is 0.481 e. The molecule has 0 heterocycles. The molecule has 0 aromatic rings. The van der Waals surface area contributed by atoms with Crippen LogP contribution in [0.4, 0.5) is 0 Å². The molecule has 1 saturated carbocycles. The lowest BCUT2D eigenvalue weighted by molar-refractivity contribution is -0.139. The molecule has 0 aromatic heterocycles. The Morgan fingerprint density at radius 3 is 2.15 bits per heavy atom. The SMILES string of the molecule is CC1(C)[C@H](C(=O)O)[C@@H]1C#CC(=O)O. The molecule has 0 aromatic carbocycles. The molecule has 70 valence electrons. The molecule has 2 atom stereocenters. The van der Waals surface area contributed by atoms with Crippen LogP contribution in [0.1, 0.15) is 13.8 Å². The van der Waals surface area contributed by atoms with Crippen molar-refractivity contribution in [2.75, 3.05) is 0 Å². The van der Waals surface area contributed by atoms with Crippen molar-refractivity contribution in [2.24, 2.45) is 17.3 Å². The van der Waals surface area contributed by atoms with E-state index < -0.39 is 23.3 Å². The van der Waals surface area contributed by atoms with Crippen LogP contribution in [-0.2, 0) is 9.59 Å². The van der Waals surface area contributed by atoms with Gasteiger partial charge in [-0.3, -0.25) is 4.79 Å². The molecule has 13 heavy (non-hydrogen) atoms. The van der Waals surface area contributed by atoms with Crippen molar-refractivity contribution in [3.05, 3.63) is 0 Å². The highest BCUT2D eigenvalue weighted by Gasteiger charge is 2.61. The maximum Gasteiger partial charge on any atom is 0.381 e. The highest BCUT2D eigenvalue weighted by Crippen LogP contribution is 2.57. The van der Waals surface area contributed by atoms with Crippen LogP contribution in [-0.4, -0.2) is 22.2 Å². The minimum absolute atomic E-state index is 0.332. The Morgan fingerprint density at radius 2 is 1.85 bits per heavy atom. The van der Waals surface area contributed by atoms with Crippen molar-refractivity contribution >= 4 is 11.9 Å². The third-order valence-electron chi connectivity index (χ3n) is 2.43. The zero-order valence-electron chi connectivity index (χ0n) is 7.37. The summed E-state index contributed by atoms with van der Waals surface area (Å²) in [5, 5.41) is 17.0. The second-order valence-electron chi connectivity index (χ2n) is 3.69. The summed E-state index contributed by atoms with van der Waals surface area (Å²) in [5.41, 5.74) is -0.395. The van der Waals surface area contributed by atoms with E-state index in [1.807, 2.05) is 5.92 Å². The van der Waals surface area contributed by atoms with E-state index in [4.69, 9.17) is 10.2 Å². The van der Waals surface area contributed by atoms with Gasteiger partial charge < -0.3 is 10.2 Å². The molecule has 2 N–H and O–H groups in total. The standard InChI is InChI=1S/C9H10O4/c1-9(2)5(3-4-6(10)11)7(9)8(12)13/h5,7H,1-2H3,(H,10,11)(H,12,13)/t5-,7-/m0/s1. The summed E-state index contributed by atoms with van der Waals surface area (Å²) in [6.45, 7) is 3.54. The number of carbonyl (C=O) groups is 2. The van der Waals surface area contributed by atoms with Gasteiger partial charge in [0.2, 0.25) is 0 Å². The Labute approximate surface area is 75.6 Å². The van der Waals surface area contributed by atoms with Gasteiger partial charge in [0.25, 0.3) is 0 Å². The molecule has 1 aliphatic carbocycles. The molecule has 0 spiro atoms. The first-order valence-electron chi connectivity index (χ1n) is 3.84. The van der Waals surface area contributed by atoms with E-state index in [0.29, 0.717) is 0 Å². The smallest absolute Gasteiger partial charge is 0.381 e. The fraction of sp³-hybridized carbons (Fsp3) is 0.556. The quantitative estimate of drug-likeness (QED) is 0.577. The molecule has 0 aliphatic heterocycles. The van der Waals surface area contributed by atoms with Gasteiger partial charge in [-0.1, -0.05) is 19.8 Å². The van der Waals surface area contributed by atoms with Crippen LogP contribution >= 0.6 is 0 Å². The topological polar surface area (TPSA) is 74.6 Å². The Morgan fingerprint density at radius 1 is 1.31 bits per heavy atom. The first-order valence-corrected chi connectivity index (χ1v) is 3.84. The van der Waals surface area contributed by atoms with Gasteiger partial charge in [0, 0.05) is 11.8 Å². The maximum absolute atomic E-state index is 10.6. The Kier molecular flexibility index (Phi) is 2.04. The summed E-state index contributed by atoms with van der Waals surface area (Å²) in [4.78, 5) is 20.7. The molecular formula is C9H10O4. The van der Waals surface area contributed by atoms with Crippen LogP contribution in [0.5, 0.6) is 0 Å². The molecule has 0 saturated heterocycles. The van der Waals surface area contributed by atoms with Crippen LogP contribution in [0, 0.1) is 29.1 Å². The molecular weight excluding hydrogens is 172 g/mol. The summed E-state index contributed by atoms with van der Waals surface area (Å²) < 4.78 is 0. The Balaban J connectivity index is 2.73. The average Bonchev–Trinajstić information content (AvgIpc) is 2.48.